The van der Waals surface area contributed by atoms with Gasteiger partial charge >= 0.3 is 0 Å². The molecule has 0 aliphatic rings. The van der Waals surface area contributed by atoms with Crippen molar-refractivity contribution in [1.82, 2.24) is 15.0 Å². The van der Waals surface area contributed by atoms with E-state index < -0.39 is 32.9 Å². The van der Waals surface area contributed by atoms with Gasteiger partial charge in [-0.25, -0.2) is 0 Å². The Hall–Kier alpha value is -5.64. The van der Waals surface area contributed by atoms with Crippen LogP contribution in [0.4, 0.5) is 17.8 Å². The summed E-state index contributed by atoms with van der Waals surface area (Å²) in [5, 5.41) is 44.5. The number of benzene rings is 3. The zero-order valence-electron chi connectivity index (χ0n) is 46.5. The van der Waals surface area contributed by atoms with Gasteiger partial charge in [0.05, 0.1) is 19.8 Å². The van der Waals surface area contributed by atoms with Crippen LogP contribution < -0.4 is 16.0 Å². The molecule has 1 aromatic heterocycles. The Balaban J connectivity index is 2.26. The molecule has 0 radical (unpaired) electrons. The first-order chi connectivity index (χ1) is 33.5. The fraction of sp³-hybridized carbons (Fsp3) is 0.579. The maximum absolute atomic E-state index is 14.9. The molecule has 4 rings (SSSR count). The minimum Gasteiger partial charge on any atom is -0.507 e. The van der Waals surface area contributed by atoms with Gasteiger partial charge < -0.3 is 45.5 Å². The first kappa shape index (κ1) is 58.9. The number of anilines is 3. The number of carbonyl (C=O) groups is 3. The minimum absolute atomic E-state index is 0.0592. The Bertz CT molecular complexity index is 2300. The Morgan fingerprint density at radius 1 is 0.431 bits per heavy atom. The lowest BCUT2D eigenvalue weighted by Gasteiger charge is -2.37. The van der Waals surface area contributed by atoms with Crippen LogP contribution in [0.2, 0.25) is 0 Å². The number of nitrogens with zero attached hydrogens (tertiary/aromatic N) is 3. The minimum atomic E-state index is -1.66. The molecule has 3 aromatic carbocycles. The number of phenols is 3. The molecular formula is C57H84N6O9. The Kier molecular flexibility index (Phi) is 18.9. The Morgan fingerprint density at radius 2 is 0.653 bits per heavy atom. The van der Waals surface area contributed by atoms with Gasteiger partial charge in [0.15, 0.2) is 17.3 Å². The van der Waals surface area contributed by atoms with E-state index in [1.54, 1.807) is 77.9 Å². The number of Topliss-reactive ketones (excluding diaryl/α,β-unsaturated/α-hetero) is 3. The number of rotatable bonds is 24. The molecule has 0 fully saturated rings. The van der Waals surface area contributed by atoms with Gasteiger partial charge in [-0.15, -0.1) is 0 Å². The zero-order chi connectivity index (χ0) is 54.4. The molecule has 6 N–H and O–H groups in total. The first-order valence-corrected chi connectivity index (χ1v) is 25.4. The zero-order valence-corrected chi connectivity index (χ0v) is 46.5. The predicted octanol–water partition coefficient (Wildman–Crippen LogP) is 10.8. The number of ether oxygens (including phenoxy) is 3. The van der Waals surface area contributed by atoms with Crippen molar-refractivity contribution in [3.63, 3.8) is 0 Å². The van der Waals surface area contributed by atoms with E-state index in [0.717, 1.165) is 0 Å². The fourth-order valence-corrected chi connectivity index (χ4v) is 9.09. The highest BCUT2D eigenvalue weighted by Crippen LogP contribution is 2.43. The van der Waals surface area contributed by atoms with Crippen molar-refractivity contribution < 1.29 is 43.9 Å². The SMILES string of the molecule is CCOCC(Nc1nc(NC(COCC)(C(=O)CC)c2cc(C)c(O)c(C(C)(C)C)c2)nc(NC(COCC)(C(=O)CC)c2cc(C)c(O)c(C(C)(C)C)c2)n1)(C(=O)CC)c1cc(C)c(O)c(C(C)(C)C)c1. The average molecular weight is 997 g/mol. The lowest BCUT2D eigenvalue weighted by atomic mass is 9.78. The summed E-state index contributed by atoms with van der Waals surface area (Å²) in [6, 6.07) is 10.7. The number of aryl methyl sites for hydroxylation is 3. The maximum atomic E-state index is 14.9. The molecule has 0 saturated carbocycles. The van der Waals surface area contributed by atoms with Gasteiger partial charge in [0.1, 0.15) is 33.9 Å². The molecule has 396 valence electrons. The molecule has 0 spiro atoms. The van der Waals surface area contributed by atoms with Crippen molar-refractivity contribution in [3.05, 3.63) is 86.5 Å². The molecule has 15 heteroatoms. The van der Waals surface area contributed by atoms with Crippen LogP contribution in [0.1, 0.15) is 173 Å². The van der Waals surface area contributed by atoms with Crippen molar-refractivity contribution >= 4 is 35.2 Å². The van der Waals surface area contributed by atoms with Gasteiger partial charge in [-0.05, 0) is 144 Å². The van der Waals surface area contributed by atoms with E-state index in [0.29, 0.717) is 50.1 Å². The number of hydrogen-bond donors (Lipinski definition) is 6. The van der Waals surface area contributed by atoms with Gasteiger partial charge in [0.25, 0.3) is 0 Å². The van der Waals surface area contributed by atoms with E-state index in [1.165, 1.54) is 0 Å². The molecule has 72 heavy (non-hydrogen) atoms. The van der Waals surface area contributed by atoms with E-state index in [-0.39, 0.29) is 111 Å². The summed E-state index contributed by atoms with van der Waals surface area (Å²) in [5.41, 5.74) is -1.65. The number of ketones is 3. The maximum Gasteiger partial charge on any atom is 0.230 e. The van der Waals surface area contributed by atoms with Gasteiger partial charge in [0, 0.05) is 39.1 Å². The van der Waals surface area contributed by atoms with Crippen molar-refractivity contribution in [3.8, 4) is 17.2 Å². The van der Waals surface area contributed by atoms with Gasteiger partial charge in [-0.2, -0.15) is 15.0 Å². The third kappa shape index (κ3) is 12.4. The monoisotopic (exact) mass is 997 g/mol. The highest BCUT2D eigenvalue weighted by molar-refractivity contribution is 5.95. The molecule has 0 aliphatic carbocycles. The molecule has 15 nitrogen and oxygen atoms in total. The summed E-state index contributed by atoms with van der Waals surface area (Å²) in [5.74, 6) is -0.877. The second-order valence-corrected chi connectivity index (χ2v) is 22.0. The number of hydrogen-bond acceptors (Lipinski definition) is 15. The van der Waals surface area contributed by atoms with Crippen molar-refractivity contribution in [2.75, 3.05) is 55.6 Å². The molecule has 3 unspecified atom stereocenters. The molecule has 3 atom stereocenters. The number of nitrogens with one attached hydrogen (secondary N) is 3. The van der Waals surface area contributed by atoms with Crippen LogP contribution in [0, 0.1) is 20.8 Å². The van der Waals surface area contributed by atoms with Crippen molar-refractivity contribution in [1.29, 1.82) is 0 Å². The number of phenolic OH excluding ortho intramolecular Hbond substituents is 3. The number of aromatic hydroxyl groups is 3. The average Bonchev–Trinajstić information content (AvgIpc) is 3.30. The van der Waals surface area contributed by atoms with Crippen molar-refractivity contribution in [2.45, 2.75) is 177 Å². The number of aromatic nitrogens is 3. The third-order valence-electron chi connectivity index (χ3n) is 13.4. The van der Waals surface area contributed by atoms with Crippen LogP contribution >= 0.6 is 0 Å². The molecule has 0 aliphatic heterocycles. The standard InChI is InChI=1S/C57H84N6O9/c1-19-43(64)55(31-70-22-4,37-25-34(7)46(67)40(28-37)52(10,11)12)61-49-58-50(62-56(32-71-23-5,44(65)20-2)38-26-35(8)47(68)41(29-38)53(13,14)15)60-51(59-49)63-57(33-72-24-6,45(66)21-3)39-27-36(9)48(69)42(30-39)54(16,17)18/h25-30,67-69H,19-24,31-33H2,1-18H3,(H3,58,59,60,61,62,63). The van der Waals surface area contributed by atoms with Gasteiger partial charge in [0.2, 0.25) is 17.8 Å². The third-order valence-corrected chi connectivity index (χ3v) is 13.4. The van der Waals surface area contributed by atoms with Gasteiger partial charge in [-0.1, -0.05) is 83.1 Å². The van der Waals surface area contributed by atoms with E-state index >= 15 is 0 Å². The molecule has 0 saturated heterocycles. The van der Waals surface area contributed by atoms with Crippen LogP contribution in [0.5, 0.6) is 17.2 Å². The predicted molar refractivity (Wildman–Crippen MR) is 286 cm³/mol. The summed E-state index contributed by atoms with van der Waals surface area (Å²) in [6.07, 6.45) is 0.178. The summed E-state index contributed by atoms with van der Waals surface area (Å²) in [6.45, 7) is 34.1. The largest absolute Gasteiger partial charge is 0.507 e. The summed E-state index contributed by atoms with van der Waals surface area (Å²) < 4.78 is 18.5. The highest BCUT2D eigenvalue weighted by Gasteiger charge is 2.46. The van der Waals surface area contributed by atoms with Crippen LogP contribution in [0.3, 0.4) is 0 Å². The molecule has 0 bridgehead atoms. The smallest absolute Gasteiger partial charge is 0.230 e. The Labute approximate surface area is 428 Å². The summed E-state index contributed by atoms with van der Waals surface area (Å²) in [4.78, 5) is 59.5. The van der Waals surface area contributed by atoms with Crippen LogP contribution in [-0.2, 0) is 61.5 Å². The lowest BCUT2D eigenvalue weighted by Crippen LogP contribution is -2.50. The quantitative estimate of drug-likeness (QED) is 0.0385. The van der Waals surface area contributed by atoms with E-state index in [4.69, 9.17) is 29.2 Å². The Morgan fingerprint density at radius 3 is 0.833 bits per heavy atom. The summed E-state index contributed by atoms with van der Waals surface area (Å²) in [7, 11) is 0. The molecular weight excluding hydrogens is 913 g/mol. The van der Waals surface area contributed by atoms with E-state index in [2.05, 4.69) is 16.0 Å². The second-order valence-electron chi connectivity index (χ2n) is 22.0. The second kappa shape index (κ2) is 23.1. The summed E-state index contributed by atoms with van der Waals surface area (Å²) >= 11 is 0. The molecule has 4 aromatic rings. The van der Waals surface area contributed by atoms with Crippen LogP contribution in [0.25, 0.3) is 0 Å². The van der Waals surface area contributed by atoms with Gasteiger partial charge in [-0.3, -0.25) is 14.4 Å². The first-order valence-electron chi connectivity index (χ1n) is 25.4. The lowest BCUT2D eigenvalue weighted by molar-refractivity contribution is -0.126. The number of carbonyl (C=O) groups excluding carboxylic acids is 3. The van der Waals surface area contributed by atoms with E-state index in [9.17, 15) is 29.7 Å². The molecule has 1 heterocycles. The van der Waals surface area contributed by atoms with Crippen LogP contribution in [-0.4, -0.2) is 87.3 Å². The van der Waals surface area contributed by atoms with Crippen molar-refractivity contribution in [2.24, 2.45) is 0 Å². The molecule has 0 amide bonds. The highest BCUT2D eigenvalue weighted by atomic mass is 16.5. The normalized spacial score (nSPS) is 14.8. The van der Waals surface area contributed by atoms with E-state index in [1.807, 2.05) is 83.1 Å². The topological polar surface area (TPSA) is 214 Å². The van der Waals surface area contributed by atoms with Crippen LogP contribution in [0.15, 0.2) is 36.4 Å². The fourth-order valence-electron chi connectivity index (χ4n) is 9.09.